The normalized spacial score (nSPS) is 12.6. The van der Waals surface area contributed by atoms with Gasteiger partial charge >= 0.3 is 0 Å². The summed E-state index contributed by atoms with van der Waals surface area (Å²) >= 11 is 3.29. The minimum Gasteiger partial charge on any atom is -0.321 e. The third kappa shape index (κ3) is 4.05. The van der Waals surface area contributed by atoms with Gasteiger partial charge in [0.2, 0.25) is 4.96 Å². The van der Waals surface area contributed by atoms with Crippen LogP contribution in [0.25, 0.3) is 4.96 Å². The maximum Gasteiger partial charge on any atom is 0.235 e. The summed E-state index contributed by atoms with van der Waals surface area (Å²) < 4.78 is 2.78. The molecule has 7 heteroatoms. The van der Waals surface area contributed by atoms with E-state index in [9.17, 15) is 0 Å². The highest BCUT2D eigenvalue weighted by molar-refractivity contribution is 8.00. The van der Waals surface area contributed by atoms with Crippen LogP contribution in [0.1, 0.15) is 34.1 Å². The monoisotopic (exact) mass is 395 g/mol. The van der Waals surface area contributed by atoms with Crippen LogP contribution in [0.5, 0.6) is 0 Å². The minimum absolute atomic E-state index is 0.235. The number of benzene rings is 2. The fraction of sp³-hybridized carbons (Fsp3) is 0.250. The number of thioether (sulfide) groups is 1. The lowest BCUT2D eigenvalue weighted by molar-refractivity contribution is 0.635. The quantitative estimate of drug-likeness (QED) is 0.492. The molecule has 0 amide bonds. The molecule has 2 heterocycles. The maximum atomic E-state index is 6.38. The van der Waals surface area contributed by atoms with E-state index in [0.717, 1.165) is 15.1 Å². The third-order valence-corrected chi connectivity index (χ3v) is 6.56. The SMILES string of the molecule is Cc1ccc(C)c(CSc2nn3c([C@@H](N)Cc4ccccc4)nnc3s2)c1. The van der Waals surface area contributed by atoms with Gasteiger partial charge in [-0.25, -0.2) is 0 Å². The summed E-state index contributed by atoms with van der Waals surface area (Å²) in [5, 5.41) is 13.2. The summed E-state index contributed by atoms with van der Waals surface area (Å²) in [5.41, 5.74) is 11.5. The van der Waals surface area contributed by atoms with E-state index in [0.29, 0.717) is 12.2 Å². The van der Waals surface area contributed by atoms with Gasteiger partial charge in [-0.2, -0.15) is 4.52 Å². The van der Waals surface area contributed by atoms with Gasteiger partial charge in [0.1, 0.15) is 0 Å². The highest BCUT2D eigenvalue weighted by Gasteiger charge is 2.18. The van der Waals surface area contributed by atoms with Crippen LogP contribution in [0.3, 0.4) is 0 Å². The number of fused-ring (bicyclic) bond motifs is 1. The lowest BCUT2D eigenvalue weighted by Crippen LogP contribution is -2.17. The Labute approximate surface area is 166 Å². The molecule has 0 aliphatic carbocycles. The van der Waals surface area contributed by atoms with E-state index in [-0.39, 0.29) is 6.04 Å². The van der Waals surface area contributed by atoms with Crippen molar-refractivity contribution in [2.75, 3.05) is 0 Å². The van der Waals surface area contributed by atoms with Crippen molar-refractivity contribution in [3.63, 3.8) is 0 Å². The first-order valence-corrected chi connectivity index (χ1v) is 10.6. The Morgan fingerprint density at radius 1 is 1.11 bits per heavy atom. The van der Waals surface area contributed by atoms with E-state index in [2.05, 4.69) is 54.4 Å². The number of hydrogen-bond acceptors (Lipinski definition) is 6. The number of aromatic nitrogens is 4. The van der Waals surface area contributed by atoms with Gasteiger partial charge < -0.3 is 5.73 Å². The third-order valence-electron chi connectivity index (χ3n) is 4.48. The predicted molar refractivity (Wildman–Crippen MR) is 111 cm³/mol. The second kappa shape index (κ2) is 7.80. The smallest absolute Gasteiger partial charge is 0.235 e. The molecule has 138 valence electrons. The topological polar surface area (TPSA) is 69.1 Å². The van der Waals surface area contributed by atoms with Crippen molar-refractivity contribution in [3.8, 4) is 0 Å². The number of aryl methyl sites for hydroxylation is 2. The highest BCUT2D eigenvalue weighted by atomic mass is 32.2. The summed E-state index contributed by atoms with van der Waals surface area (Å²) in [5.74, 6) is 1.60. The molecule has 4 aromatic rings. The largest absolute Gasteiger partial charge is 0.321 e. The van der Waals surface area contributed by atoms with Crippen molar-refractivity contribution in [1.29, 1.82) is 0 Å². The van der Waals surface area contributed by atoms with Crippen LogP contribution < -0.4 is 5.73 Å². The lowest BCUT2D eigenvalue weighted by atomic mass is 10.1. The van der Waals surface area contributed by atoms with Crippen LogP contribution >= 0.6 is 23.1 Å². The van der Waals surface area contributed by atoms with Crippen LogP contribution in [0.15, 0.2) is 52.9 Å². The lowest BCUT2D eigenvalue weighted by Gasteiger charge is -2.08. The molecule has 2 N–H and O–H groups in total. The van der Waals surface area contributed by atoms with Gasteiger partial charge in [-0.1, -0.05) is 77.2 Å². The molecule has 1 atom stereocenters. The summed E-state index contributed by atoms with van der Waals surface area (Å²) in [7, 11) is 0. The van der Waals surface area contributed by atoms with Crippen molar-refractivity contribution in [3.05, 3.63) is 76.6 Å². The molecular weight excluding hydrogens is 374 g/mol. The molecule has 0 spiro atoms. The van der Waals surface area contributed by atoms with E-state index < -0.39 is 0 Å². The first-order chi connectivity index (χ1) is 13.1. The number of rotatable bonds is 6. The summed E-state index contributed by atoms with van der Waals surface area (Å²) in [4.78, 5) is 0.789. The molecule has 0 radical (unpaired) electrons. The fourth-order valence-corrected chi connectivity index (χ4v) is 4.91. The molecule has 0 saturated heterocycles. The fourth-order valence-electron chi connectivity index (χ4n) is 2.96. The zero-order chi connectivity index (χ0) is 18.8. The molecule has 2 aromatic carbocycles. The molecule has 2 aromatic heterocycles. The molecule has 4 rings (SSSR count). The predicted octanol–water partition coefficient (Wildman–Crippen LogP) is 4.34. The first kappa shape index (κ1) is 18.2. The van der Waals surface area contributed by atoms with E-state index in [4.69, 9.17) is 10.8 Å². The number of nitrogens with two attached hydrogens (primary N) is 1. The van der Waals surface area contributed by atoms with Gasteiger partial charge in [0.25, 0.3) is 0 Å². The van der Waals surface area contributed by atoms with Crippen molar-refractivity contribution < 1.29 is 0 Å². The summed E-state index contributed by atoms with van der Waals surface area (Å²) in [6.07, 6.45) is 0.712. The molecule has 0 fully saturated rings. The van der Waals surface area contributed by atoms with Crippen LogP contribution in [-0.2, 0) is 12.2 Å². The standard InChI is InChI=1S/C20H21N5S2/c1-13-8-9-14(2)16(10-13)12-26-20-24-25-18(22-23-19(25)27-20)17(21)11-15-6-4-3-5-7-15/h3-10,17H,11-12,21H2,1-2H3/t17-/m0/s1. The molecule has 0 saturated carbocycles. The Bertz CT molecular complexity index is 1050. The molecule has 0 aliphatic heterocycles. The van der Waals surface area contributed by atoms with E-state index in [1.54, 1.807) is 27.6 Å². The summed E-state index contributed by atoms with van der Waals surface area (Å²) in [6.45, 7) is 4.27. The number of hydrogen-bond donors (Lipinski definition) is 1. The second-order valence-electron chi connectivity index (χ2n) is 6.64. The molecule has 0 bridgehead atoms. The molecular formula is C20H21N5S2. The van der Waals surface area contributed by atoms with Gasteiger partial charge in [0.15, 0.2) is 10.2 Å². The first-order valence-electron chi connectivity index (χ1n) is 8.81. The minimum atomic E-state index is -0.235. The zero-order valence-corrected chi connectivity index (χ0v) is 16.9. The van der Waals surface area contributed by atoms with Gasteiger partial charge in [-0.05, 0) is 37.0 Å². The second-order valence-corrected chi connectivity index (χ2v) is 8.81. The van der Waals surface area contributed by atoms with E-state index in [1.165, 1.54) is 22.3 Å². The molecule has 0 unspecified atom stereocenters. The average molecular weight is 396 g/mol. The van der Waals surface area contributed by atoms with Crippen LogP contribution in [-0.4, -0.2) is 19.8 Å². The molecule has 5 nitrogen and oxygen atoms in total. The van der Waals surface area contributed by atoms with Crippen molar-refractivity contribution in [2.24, 2.45) is 5.73 Å². The van der Waals surface area contributed by atoms with Gasteiger partial charge in [0, 0.05) is 5.75 Å². The van der Waals surface area contributed by atoms with Crippen molar-refractivity contribution in [2.45, 2.75) is 36.4 Å². The van der Waals surface area contributed by atoms with Gasteiger partial charge in [0.05, 0.1) is 6.04 Å². The molecule has 0 aliphatic rings. The zero-order valence-electron chi connectivity index (χ0n) is 15.3. The Balaban J connectivity index is 1.51. The van der Waals surface area contributed by atoms with E-state index >= 15 is 0 Å². The Morgan fingerprint density at radius 2 is 1.93 bits per heavy atom. The van der Waals surface area contributed by atoms with Crippen molar-refractivity contribution in [1.82, 2.24) is 19.8 Å². The highest BCUT2D eigenvalue weighted by Crippen LogP contribution is 2.29. The Morgan fingerprint density at radius 3 is 2.74 bits per heavy atom. The number of nitrogens with zero attached hydrogens (tertiary/aromatic N) is 4. The maximum absolute atomic E-state index is 6.38. The summed E-state index contributed by atoms with van der Waals surface area (Å²) in [6, 6.07) is 16.5. The molecule has 27 heavy (non-hydrogen) atoms. The van der Waals surface area contributed by atoms with Crippen LogP contribution in [0.2, 0.25) is 0 Å². The average Bonchev–Trinajstić information content (AvgIpc) is 3.23. The Hall–Kier alpha value is -2.22. The van der Waals surface area contributed by atoms with Gasteiger partial charge in [-0.15, -0.1) is 15.3 Å². The Kier molecular flexibility index (Phi) is 5.24. The van der Waals surface area contributed by atoms with Crippen molar-refractivity contribution >= 4 is 28.1 Å². The van der Waals surface area contributed by atoms with E-state index in [1.807, 2.05) is 18.2 Å². The van der Waals surface area contributed by atoms with Crippen LogP contribution in [0, 0.1) is 13.8 Å². The van der Waals surface area contributed by atoms with Crippen LogP contribution in [0.4, 0.5) is 0 Å². The van der Waals surface area contributed by atoms with Gasteiger partial charge in [-0.3, -0.25) is 0 Å².